The van der Waals surface area contributed by atoms with Gasteiger partial charge in [0.2, 0.25) is 11.8 Å². The first-order valence-corrected chi connectivity index (χ1v) is 6.26. The number of aromatic carboxylic acids is 1. The highest BCUT2D eigenvalue weighted by Crippen LogP contribution is 2.43. The Kier molecular flexibility index (Phi) is 5.03. The molecule has 9 heteroatoms. The van der Waals surface area contributed by atoms with Crippen molar-refractivity contribution in [3.05, 3.63) is 22.8 Å². The average Bonchev–Trinajstić information content (AvgIpc) is 2.35. The molecule has 0 aromatic heterocycles. The van der Waals surface area contributed by atoms with Gasteiger partial charge in [0, 0.05) is 13.8 Å². The van der Waals surface area contributed by atoms with Crippen molar-refractivity contribution in [3.8, 4) is 5.75 Å². The summed E-state index contributed by atoms with van der Waals surface area (Å²) in [6, 6.07) is 0.601. The Balaban J connectivity index is 4.04. The molecule has 0 bridgehead atoms. The minimum absolute atomic E-state index is 0.0627. The summed E-state index contributed by atoms with van der Waals surface area (Å²) < 4.78 is 44.5. The summed E-state index contributed by atoms with van der Waals surface area (Å²) in [4.78, 5) is 35.1. The third-order valence-corrected chi connectivity index (χ3v) is 3.02. The lowest BCUT2D eigenvalue weighted by Gasteiger charge is -2.25. The molecule has 0 aliphatic rings. The second-order valence-corrected chi connectivity index (χ2v) is 4.67. The molecule has 23 heavy (non-hydrogen) atoms. The minimum atomic E-state index is -4.99. The maximum absolute atomic E-state index is 13.2. The lowest BCUT2D eigenvalue weighted by Crippen LogP contribution is -2.35. The monoisotopic (exact) mass is 333 g/mol. The van der Waals surface area contributed by atoms with Gasteiger partial charge in [-0.15, -0.1) is 0 Å². The summed E-state index contributed by atoms with van der Waals surface area (Å²) in [5, 5.41) is 9.23. The number of imide groups is 1. The molecular weight excluding hydrogens is 319 g/mol. The summed E-state index contributed by atoms with van der Waals surface area (Å²) in [7, 11) is 1.10. The van der Waals surface area contributed by atoms with E-state index < -0.39 is 40.8 Å². The molecule has 6 nitrogen and oxygen atoms in total. The zero-order valence-electron chi connectivity index (χ0n) is 12.7. The first-order valence-electron chi connectivity index (χ1n) is 6.26. The van der Waals surface area contributed by atoms with Crippen molar-refractivity contribution in [3.63, 3.8) is 0 Å². The molecule has 0 aliphatic carbocycles. The van der Waals surface area contributed by atoms with E-state index in [0.717, 1.165) is 21.0 Å². The Morgan fingerprint density at radius 3 is 1.96 bits per heavy atom. The van der Waals surface area contributed by atoms with E-state index in [-0.39, 0.29) is 11.3 Å². The number of carbonyl (C=O) groups is 3. The number of hydrogen-bond acceptors (Lipinski definition) is 4. The Morgan fingerprint density at radius 1 is 1.17 bits per heavy atom. The number of halogens is 3. The molecule has 1 N–H and O–H groups in total. The third kappa shape index (κ3) is 3.43. The van der Waals surface area contributed by atoms with Gasteiger partial charge in [0.15, 0.2) is 0 Å². The molecule has 1 aromatic rings. The first kappa shape index (κ1) is 18.5. The summed E-state index contributed by atoms with van der Waals surface area (Å²) >= 11 is 0. The van der Waals surface area contributed by atoms with Crippen LogP contribution in [0.4, 0.5) is 18.9 Å². The van der Waals surface area contributed by atoms with Crippen LogP contribution < -0.4 is 9.64 Å². The highest BCUT2D eigenvalue weighted by Gasteiger charge is 2.41. The van der Waals surface area contributed by atoms with Crippen LogP contribution in [-0.2, 0) is 15.8 Å². The van der Waals surface area contributed by atoms with Crippen LogP contribution in [0.15, 0.2) is 6.07 Å². The molecule has 1 rings (SSSR count). The Hall–Kier alpha value is -2.58. The number of ether oxygens (including phenoxy) is 1. The van der Waals surface area contributed by atoms with Crippen LogP contribution in [0.5, 0.6) is 5.75 Å². The van der Waals surface area contributed by atoms with Crippen molar-refractivity contribution in [2.24, 2.45) is 0 Å². The Morgan fingerprint density at radius 2 is 1.65 bits per heavy atom. The summed E-state index contributed by atoms with van der Waals surface area (Å²) in [6.45, 7) is 3.12. The van der Waals surface area contributed by atoms with Gasteiger partial charge in [0.05, 0.1) is 18.2 Å². The average molecular weight is 333 g/mol. The highest BCUT2D eigenvalue weighted by atomic mass is 19.4. The summed E-state index contributed by atoms with van der Waals surface area (Å²) in [6.07, 6.45) is -4.99. The zero-order chi connectivity index (χ0) is 18.1. The fourth-order valence-corrected chi connectivity index (χ4v) is 2.23. The van der Waals surface area contributed by atoms with E-state index in [1.54, 1.807) is 0 Å². The number of alkyl halides is 3. The number of carboxylic acid groups (broad SMARTS) is 1. The molecule has 0 atom stereocenters. The lowest BCUT2D eigenvalue weighted by atomic mass is 9.99. The number of methoxy groups -OCH3 is 1. The highest BCUT2D eigenvalue weighted by molar-refractivity contribution is 6.17. The van der Waals surface area contributed by atoms with Crippen molar-refractivity contribution >= 4 is 23.5 Å². The first-order chi connectivity index (χ1) is 10.4. The zero-order valence-corrected chi connectivity index (χ0v) is 12.7. The van der Waals surface area contributed by atoms with Gasteiger partial charge < -0.3 is 9.84 Å². The third-order valence-electron chi connectivity index (χ3n) is 3.02. The van der Waals surface area contributed by atoms with Gasteiger partial charge in [-0.05, 0) is 18.6 Å². The number of rotatable bonds is 3. The number of aryl methyl sites for hydroxylation is 1. The van der Waals surface area contributed by atoms with E-state index in [4.69, 9.17) is 4.74 Å². The molecule has 0 fully saturated rings. The van der Waals surface area contributed by atoms with Crippen molar-refractivity contribution in [1.82, 2.24) is 0 Å². The molecule has 2 amide bonds. The Labute approximate surface area is 129 Å². The van der Waals surface area contributed by atoms with Crippen LogP contribution in [0.25, 0.3) is 0 Å². The van der Waals surface area contributed by atoms with Gasteiger partial charge in [-0.25, -0.2) is 9.69 Å². The van der Waals surface area contributed by atoms with Crippen LogP contribution in [0.1, 0.15) is 35.3 Å². The standard InChI is InChI=1S/C14H14F3NO5/c1-6-5-9(14(15,16)17)10(13(21)22)11(12(6)23-4)18(7(2)19)8(3)20/h5H,1-4H3,(H,21,22). The number of nitrogens with zero attached hydrogens (tertiary/aromatic N) is 1. The van der Waals surface area contributed by atoms with Crippen molar-refractivity contribution in [2.75, 3.05) is 12.0 Å². The van der Waals surface area contributed by atoms with Crippen molar-refractivity contribution in [2.45, 2.75) is 26.9 Å². The minimum Gasteiger partial charge on any atom is -0.494 e. The van der Waals surface area contributed by atoms with Crippen molar-refractivity contribution in [1.29, 1.82) is 0 Å². The van der Waals surface area contributed by atoms with Gasteiger partial charge in [-0.1, -0.05) is 0 Å². The van der Waals surface area contributed by atoms with Crippen molar-refractivity contribution < 1.29 is 37.4 Å². The van der Waals surface area contributed by atoms with E-state index in [1.165, 1.54) is 6.92 Å². The summed E-state index contributed by atoms with van der Waals surface area (Å²) in [5.74, 6) is -4.09. The van der Waals surface area contributed by atoms with E-state index in [1.807, 2.05) is 0 Å². The molecule has 0 unspecified atom stereocenters. The largest absolute Gasteiger partial charge is 0.494 e. The van der Waals surface area contributed by atoms with E-state index in [9.17, 15) is 32.7 Å². The van der Waals surface area contributed by atoms with Gasteiger partial charge in [0.1, 0.15) is 11.4 Å². The second kappa shape index (κ2) is 6.27. The molecule has 0 radical (unpaired) electrons. The molecule has 126 valence electrons. The van der Waals surface area contributed by atoms with E-state index in [2.05, 4.69) is 0 Å². The number of anilines is 1. The summed E-state index contributed by atoms with van der Waals surface area (Å²) in [5.41, 5.74) is -3.48. The SMILES string of the molecule is COc1c(C)cc(C(F)(F)F)c(C(=O)O)c1N(C(C)=O)C(C)=O. The number of carboxylic acids is 1. The van der Waals surface area contributed by atoms with Crippen LogP contribution in [0.2, 0.25) is 0 Å². The number of hydrogen-bond donors (Lipinski definition) is 1. The fourth-order valence-electron chi connectivity index (χ4n) is 2.23. The molecule has 0 spiro atoms. The molecule has 0 heterocycles. The number of carbonyl (C=O) groups excluding carboxylic acids is 2. The molecule has 1 aromatic carbocycles. The van der Waals surface area contributed by atoms with Gasteiger partial charge >= 0.3 is 12.1 Å². The Bertz CT molecular complexity index is 668. The molecule has 0 saturated heterocycles. The van der Waals surface area contributed by atoms with Crippen LogP contribution in [-0.4, -0.2) is 30.0 Å². The predicted molar refractivity (Wildman–Crippen MR) is 73.5 cm³/mol. The number of amides is 2. The van der Waals surface area contributed by atoms with E-state index in [0.29, 0.717) is 11.0 Å². The molecular formula is C14H14F3NO5. The van der Waals surface area contributed by atoms with E-state index >= 15 is 0 Å². The predicted octanol–water partition coefficient (Wildman–Crippen LogP) is 2.62. The van der Waals surface area contributed by atoms with Gasteiger partial charge in [-0.2, -0.15) is 13.2 Å². The number of benzene rings is 1. The fraction of sp³-hybridized carbons (Fsp3) is 0.357. The second-order valence-electron chi connectivity index (χ2n) is 4.67. The van der Waals surface area contributed by atoms with Gasteiger partial charge in [0.25, 0.3) is 0 Å². The van der Waals surface area contributed by atoms with Crippen LogP contribution in [0, 0.1) is 6.92 Å². The van der Waals surface area contributed by atoms with Crippen LogP contribution >= 0.6 is 0 Å². The van der Waals surface area contributed by atoms with Crippen LogP contribution in [0.3, 0.4) is 0 Å². The molecule has 0 aliphatic heterocycles. The normalized spacial score (nSPS) is 11.1. The smallest absolute Gasteiger partial charge is 0.417 e. The maximum Gasteiger partial charge on any atom is 0.417 e. The quantitative estimate of drug-likeness (QED) is 0.919. The maximum atomic E-state index is 13.2. The molecule has 0 saturated carbocycles. The van der Waals surface area contributed by atoms with Gasteiger partial charge in [-0.3, -0.25) is 9.59 Å². The topological polar surface area (TPSA) is 83.9 Å². The lowest BCUT2D eigenvalue weighted by molar-refractivity contribution is -0.138.